The van der Waals surface area contributed by atoms with E-state index in [-0.39, 0.29) is 23.6 Å². The topological polar surface area (TPSA) is 41.6 Å². The van der Waals surface area contributed by atoms with E-state index in [1.54, 1.807) is 30.0 Å². The van der Waals surface area contributed by atoms with Crippen LogP contribution in [0.25, 0.3) is 0 Å². The van der Waals surface area contributed by atoms with Crippen LogP contribution in [0.15, 0.2) is 24.3 Å². The molecular weight excluding hydrogens is 322 g/mol. The number of hydrogen-bond donors (Lipinski definition) is 1. The summed E-state index contributed by atoms with van der Waals surface area (Å²) in [6.45, 7) is 0.360. The fraction of sp³-hybridized carbons (Fsp3) is 0.562. The van der Waals surface area contributed by atoms with E-state index in [1.807, 2.05) is 18.1 Å². The molecule has 0 saturated carbocycles. The Labute approximate surface area is 139 Å². The number of benzene rings is 1. The van der Waals surface area contributed by atoms with Gasteiger partial charge in [0.1, 0.15) is 5.75 Å². The SMILES string of the molecule is CSC[C@@H](C)C(=O)N[C@H]1CCN(c2ccccc2OC(F)F)C1. The minimum atomic E-state index is -2.85. The minimum absolute atomic E-state index is 0.0337. The van der Waals surface area contributed by atoms with Crippen LogP contribution in [0.3, 0.4) is 0 Å². The molecule has 0 aliphatic carbocycles. The Bertz CT molecular complexity index is 531. The molecule has 2 rings (SSSR count). The van der Waals surface area contributed by atoms with E-state index in [0.717, 1.165) is 12.2 Å². The van der Waals surface area contributed by atoms with Gasteiger partial charge in [-0.2, -0.15) is 20.5 Å². The Morgan fingerprint density at radius 1 is 1.48 bits per heavy atom. The van der Waals surface area contributed by atoms with Crippen LogP contribution in [0.5, 0.6) is 5.75 Å². The highest BCUT2D eigenvalue weighted by Crippen LogP contribution is 2.31. The van der Waals surface area contributed by atoms with Crippen molar-refractivity contribution >= 4 is 23.4 Å². The van der Waals surface area contributed by atoms with E-state index >= 15 is 0 Å². The average molecular weight is 344 g/mol. The maximum atomic E-state index is 12.5. The number of rotatable bonds is 7. The number of hydrogen-bond acceptors (Lipinski definition) is 4. The van der Waals surface area contributed by atoms with Crippen LogP contribution in [0.1, 0.15) is 13.3 Å². The Morgan fingerprint density at radius 2 is 2.22 bits per heavy atom. The third kappa shape index (κ3) is 4.99. The van der Waals surface area contributed by atoms with E-state index < -0.39 is 6.61 Å². The quantitative estimate of drug-likeness (QED) is 0.826. The number of ether oxygens (including phenoxy) is 1. The van der Waals surface area contributed by atoms with Gasteiger partial charge in [0.15, 0.2) is 0 Å². The molecule has 1 fully saturated rings. The molecule has 0 unspecified atom stereocenters. The summed E-state index contributed by atoms with van der Waals surface area (Å²) < 4.78 is 29.6. The van der Waals surface area contributed by atoms with Gasteiger partial charge >= 0.3 is 6.61 Å². The molecular formula is C16H22F2N2O2S. The molecule has 7 heteroatoms. The molecule has 1 aromatic carbocycles. The average Bonchev–Trinajstić information content (AvgIpc) is 2.95. The van der Waals surface area contributed by atoms with Crippen molar-refractivity contribution in [3.8, 4) is 5.75 Å². The van der Waals surface area contributed by atoms with Gasteiger partial charge in [0.25, 0.3) is 0 Å². The summed E-state index contributed by atoms with van der Waals surface area (Å²) in [4.78, 5) is 14.1. The summed E-state index contributed by atoms with van der Waals surface area (Å²) in [6, 6.07) is 6.79. The van der Waals surface area contributed by atoms with Gasteiger partial charge in [-0.05, 0) is 24.8 Å². The number of thioether (sulfide) groups is 1. The van der Waals surface area contributed by atoms with Crippen LogP contribution < -0.4 is 15.0 Å². The first-order valence-corrected chi connectivity index (χ1v) is 8.98. The first-order valence-electron chi connectivity index (χ1n) is 7.59. The number of carbonyl (C=O) groups is 1. The zero-order valence-corrected chi connectivity index (χ0v) is 14.1. The number of carbonyl (C=O) groups excluding carboxylic acids is 1. The van der Waals surface area contributed by atoms with Crippen LogP contribution in [0.2, 0.25) is 0 Å². The van der Waals surface area contributed by atoms with Crippen molar-refractivity contribution in [3.05, 3.63) is 24.3 Å². The second-order valence-electron chi connectivity index (χ2n) is 5.64. The van der Waals surface area contributed by atoms with Crippen molar-refractivity contribution in [2.24, 2.45) is 5.92 Å². The number of nitrogens with one attached hydrogen (secondary N) is 1. The highest BCUT2D eigenvalue weighted by Gasteiger charge is 2.27. The lowest BCUT2D eigenvalue weighted by atomic mass is 10.1. The summed E-state index contributed by atoms with van der Waals surface area (Å²) in [6.07, 6.45) is 2.77. The molecule has 128 valence electrons. The normalized spacial score (nSPS) is 19.0. The minimum Gasteiger partial charge on any atom is -0.433 e. The number of alkyl halides is 2. The lowest BCUT2D eigenvalue weighted by Gasteiger charge is -2.22. The van der Waals surface area contributed by atoms with Crippen molar-refractivity contribution in [2.75, 3.05) is 30.0 Å². The van der Waals surface area contributed by atoms with Crippen molar-refractivity contribution in [1.29, 1.82) is 0 Å². The second-order valence-corrected chi connectivity index (χ2v) is 6.55. The molecule has 0 spiro atoms. The van der Waals surface area contributed by atoms with Gasteiger partial charge in [0.05, 0.1) is 5.69 Å². The number of amides is 1. The van der Waals surface area contributed by atoms with Crippen molar-refractivity contribution in [1.82, 2.24) is 5.32 Å². The van der Waals surface area contributed by atoms with Crippen LogP contribution in [-0.2, 0) is 4.79 Å². The zero-order valence-electron chi connectivity index (χ0n) is 13.3. The molecule has 1 heterocycles. The number of halogens is 2. The largest absolute Gasteiger partial charge is 0.433 e. The van der Waals surface area contributed by atoms with E-state index in [9.17, 15) is 13.6 Å². The van der Waals surface area contributed by atoms with Gasteiger partial charge in [0, 0.05) is 30.8 Å². The molecule has 23 heavy (non-hydrogen) atoms. The predicted molar refractivity (Wildman–Crippen MR) is 89.4 cm³/mol. The summed E-state index contributed by atoms with van der Waals surface area (Å²) >= 11 is 1.64. The lowest BCUT2D eigenvalue weighted by molar-refractivity contribution is -0.124. The van der Waals surface area contributed by atoms with Crippen molar-refractivity contribution < 1.29 is 18.3 Å². The molecule has 1 aromatic rings. The van der Waals surface area contributed by atoms with Crippen LogP contribution >= 0.6 is 11.8 Å². The number of anilines is 1. The fourth-order valence-electron chi connectivity index (χ4n) is 2.68. The first kappa shape index (κ1) is 17.8. The van der Waals surface area contributed by atoms with Crippen molar-refractivity contribution in [3.63, 3.8) is 0 Å². The Kier molecular flexibility index (Phi) is 6.50. The van der Waals surface area contributed by atoms with Gasteiger partial charge in [-0.3, -0.25) is 4.79 Å². The molecule has 1 N–H and O–H groups in total. The Balaban J connectivity index is 1.96. The van der Waals surface area contributed by atoms with E-state index in [2.05, 4.69) is 10.1 Å². The van der Waals surface area contributed by atoms with Gasteiger partial charge in [-0.1, -0.05) is 19.1 Å². The van der Waals surface area contributed by atoms with Gasteiger partial charge in [0.2, 0.25) is 5.91 Å². The summed E-state index contributed by atoms with van der Waals surface area (Å²) in [5, 5.41) is 3.04. The zero-order chi connectivity index (χ0) is 16.8. The highest BCUT2D eigenvalue weighted by molar-refractivity contribution is 7.98. The summed E-state index contributed by atoms with van der Waals surface area (Å²) in [5.41, 5.74) is 0.640. The second kappa shape index (κ2) is 8.38. The standard InChI is InChI=1S/C16H22F2N2O2S/c1-11(10-23-2)15(21)19-12-7-8-20(9-12)13-5-3-4-6-14(13)22-16(17)18/h3-6,11-12,16H,7-10H2,1-2H3,(H,19,21)/t11-,12+/m1/s1. The van der Waals surface area contributed by atoms with Gasteiger partial charge in [-0.25, -0.2) is 0 Å². The van der Waals surface area contributed by atoms with Crippen LogP contribution in [0.4, 0.5) is 14.5 Å². The third-order valence-corrected chi connectivity index (χ3v) is 4.65. The Morgan fingerprint density at radius 3 is 2.91 bits per heavy atom. The molecule has 4 nitrogen and oxygen atoms in total. The number of nitrogens with zero attached hydrogens (tertiary/aromatic N) is 1. The maximum Gasteiger partial charge on any atom is 0.387 e. The summed E-state index contributed by atoms with van der Waals surface area (Å²) in [7, 11) is 0. The molecule has 2 atom stereocenters. The van der Waals surface area contributed by atoms with E-state index in [0.29, 0.717) is 18.8 Å². The summed E-state index contributed by atoms with van der Waals surface area (Å²) in [5.74, 6) is 0.967. The van der Waals surface area contributed by atoms with Crippen LogP contribution in [-0.4, -0.2) is 43.7 Å². The fourth-order valence-corrected chi connectivity index (χ4v) is 3.33. The molecule has 1 aliphatic rings. The maximum absolute atomic E-state index is 12.5. The van der Waals surface area contributed by atoms with Gasteiger partial charge < -0.3 is 15.0 Å². The van der Waals surface area contributed by atoms with E-state index in [1.165, 1.54) is 6.07 Å². The molecule has 1 saturated heterocycles. The molecule has 1 amide bonds. The van der Waals surface area contributed by atoms with Gasteiger partial charge in [-0.15, -0.1) is 0 Å². The molecule has 0 aromatic heterocycles. The highest BCUT2D eigenvalue weighted by atomic mass is 32.2. The van der Waals surface area contributed by atoms with Crippen LogP contribution in [0, 0.1) is 5.92 Å². The molecule has 1 aliphatic heterocycles. The lowest BCUT2D eigenvalue weighted by Crippen LogP contribution is -2.40. The third-order valence-electron chi connectivity index (χ3n) is 3.82. The Hall–Kier alpha value is -1.50. The van der Waals surface area contributed by atoms with Crippen molar-refractivity contribution in [2.45, 2.75) is 26.0 Å². The monoisotopic (exact) mass is 344 g/mol. The first-order chi connectivity index (χ1) is 11.0. The van der Waals surface area contributed by atoms with E-state index in [4.69, 9.17) is 0 Å². The number of para-hydroxylation sites is 2. The molecule has 0 radical (unpaired) electrons. The predicted octanol–water partition coefficient (Wildman–Crippen LogP) is 2.98. The molecule has 0 bridgehead atoms. The smallest absolute Gasteiger partial charge is 0.387 e.